The average molecular weight is 374 g/mol. The van der Waals surface area contributed by atoms with Gasteiger partial charge in [0.15, 0.2) is 0 Å². The first-order chi connectivity index (χ1) is 13.6. The Morgan fingerprint density at radius 2 is 1.68 bits per heavy atom. The number of amides is 1. The Morgan fingerprint density at radius 3 is 2.36 bits per heavy atom. The third-order valence-electron chi connectivity index (χ3n) is 4.52. The van der Waals surface area contributed by atoms with E-state index in [2.05, 4.69) is 10.6 Å². The second kappa shape index (κ2) is 9.09. The van der Waals surface area contributed by atoms with Crippen molar-refractivity contribution < 1.29 is 9.53 Å². The predicted molar refractivity (Wildman–Crippen MR) is 115 cm³/mol. The first-order valence-electron chi connectivity index (χ1n) is 9.49. The third-order valence-corrected chi connectivity index (χ3v) is 4.52. The lowest BCUT2D eigenvalue weighted by molar-refractivity contribution is -0.117. The molecule has 0 radical (unpaired) electrons. The van der Waals surface area contributed by atoms with Crippen LogP contribution in [0.1, 0.15) is 29.7 Å². The van der Waals surface area contributed by atoms with Crippen molar-refractivity contribution in [3.05, 3.63) is 89.5 Å². The molecule has 4 nitrogen and oxygen atoms in total. The summed E-state index contributed by atoms with van der Waals surface area (Å²) in [5.41, 5.74) is 4.73. The number of ether oxygens (including phenoxy) is 1. The standard InChI is InChI=1S/C24H26N2O2/c1-4-28-21-14-12-20(13-15-21)25-23(19-8-6-5-7-9-19)24(27)26-22-16-17(2)10-11-18(22)3/h5-16,23,25H,4H2,1-3H3,(H,26,27)/t23-/m1/s1. The number of rotatable bonds is 7. The summed E-state index contributed by atoms with van der Waals surface area (Å²) in [5, 5.41) is 6.43. The minimum atomic E-state index is -0.515. The molecule has 0 unspecified atom stereocenters. The number of hydrogen-bond acceptors (Lipinski definition) is 3. The molecule has 2 N–H and O–H groups in total. The molecule has 0 aromatic heterocycles. The summed E-state index contributed by atoms with van der Waals surface area (Å²) in [5.74, 6) is 0.706. The Labute approximate surface area is 166 Å². The fourth-order valence-corrected chi connectivity index (χ4v) is 3.00. The van der Waals surface area contributed by atoms with E-state index in [-0.39, 0.29) is 5.91 Å². The fourth-order valence-electron chi connectivity index (χ4n) is 3.00. The number of hydrogen-bond donors (Lipinski definition) is 2. The summed E-state index contributed by atoms with van der Waals surface area (Å²) in [4.78, 5) is 13.2. The normalized spacial score (nSPS) is 11.5. The van der Waals surface area contributed by atoms with E-state index in [1.54, 1.807) is 0 Å². The Kier molecular flexibility index (Phi) is 6.33. The van der Waals surface area contributed by atoms with Gasteiger partial charge < -0.3 is 15.4 Å². The molecule has 0 saturated heterocycles. The summed E-state index contributed by atoms with van der Waals surface area (Å²) in [6.45, 7) is 6.58. The Balaban J connectivity index is 1.84. The number of carbonyl (C=O) groups is 1. The van der Waals surface area contributed by atoms with Crippen LogP contribution in [-0.4, -0.2) is 12.5 Å². The summed E-state index contributed by atoms with van der Waals surface area (Å²) in [7, 11) is 0. The van der Waals surface area contributed by atoms with Crippen LogP contribution in [0.3, 0.4) is 0 Å². The summed E-state index contributed by atoms with van der Waals surface area (Å²) in [6.07, 6.45) is 0. The molecule has 0 spiro atoms. The van der Waals surface area contributed by atoms with E-state index < -0.39 is 6.04 Å². The van der Waals surface area contributed by atoms with Crippen molar-refractivity contribution in [1.29, 1.82) is 0 Å². The molecule has 0 aliphatic rings. The van der Waals surface area contributed by atoms with Crippen LogP contribution in [0.5, 0.6) is 5.75 Å². The number of benzene rings is 3. The lowest BCUT2D eigenvalue weighted by Gasteiger charge is -2.21. The van der Waals surface area contributed by atoms with Crippen molar-refractivity contribution in [2.24, 2.45) is 0 Å². The largest absolute Gasteiger partial charge is 0.494 e. The van der Waals surface area contributed by atoms with Gasteiger partial charge in [-0.05, 0) is 67.8 Å². The fraction of sp³-hybridized carbons (Fsp3) is 0.208. The highest BCUT2D eigenvalue weighted by Crippen LogP contribution is 2.25. The van der Waals surface area contributed by atoms with Crippen LogP contribution in [0.2, 0.25) is 0 Å². The highest BCUT2D eigenvalue weighted by atomic mass is 16.5. The average Bonchev–Trinajstić information content (AvgIpc) is 2.71. The van der Waals surface area contributed by atoms with Crippen molar-refractivity contribution in [1.82, 2.24) is 0 Å². The topological polar surface area (TPSA) is 50.4 Å². The van der Waals surface area contributed by atoms with Gasteiger partial charge in [-0.15, -0.1) is 0 Å². The Hall–Kier alpha value is -3.27. The van der Waals surface area contributed by atoms with E-state index in [0.717, 1.165) is 33.8 Å². The predicted octanol–water partition coefficient (Wildman–Crippen LogP) is 5.49. The van der Waals surface area contributed by atoms with E-state index in [1.165, 1.54) is 0 Å². The van der Waals surface area contributed by atoms with Crippen LogP contribution in [0.25, 0.3) is 0 Å². The van der Waals surface area contributed by atoms with E-state index in [1.807, 2.05) is 93.6 Å². The first-order valence-corrected chi connectivity index (χ1v) is 9.49. The second-order valence-corrected chi connectivity index (χ2v) is 6.75. The lowest BCUT2D eigenvalue weighted by atomic mass is 10.0. The molecule has 4 heteroatoms. The van der Waals surface area contributed by atoms with E-state index in [9.17, 15) is 4.79 Å². The number of anilines is 2. The van der Waals surface area contributed by atoms with Crippen molar-refractivity contribution in [2.45, 2.75) is 26.8 Å². The van der Waals surface area contributed by atoms with Crippen molar-refractivity contribution in [2.75, 3.05) is 17.2 Å². The molecule has 0 aliphatic heterocycles. The van der Waals surface area contributed by atoms with Gasteiger partial charge >= 0.3 is 0 Å². The minimum absolute atomic E-state index is 0.103. The molecule has 28 heavy (non-hydrogen) atoms. The van der Waals surface area contributed by atoms with Crippen LogP contribution in [0.4, 0.5) is 11.4 Å². The SMILES string of the molecule is CCOc1ccc(N[C@@H](C(=O)Nc2cc(C)ccc2C)c2ccccc2)cc1. The van der Waals surface area contributed by atoms with Gasteiger partial charge in [-0.25, -0.2) is 0 Å². The molecule has 3 aromatic rings. The number of nitrogens with one attached hydrogen (secondary N) is 2. The zero-order valence-electron chi connectivity index (χ0n) is 16.5. The van der Waals surface area contributed by atoms with Crippen molar-refractivity contribution in [3.8, 4) is 5.75 Å². The molecule has 0 bridgehead atoms. The van der Waals surface area contributed by atoms with E-state index >= 15 is 0 Å². The maximum Gasteiger partial charge on any atom is 0.251 e. The highest BCUT2D eigenvalue weighted by Gasteiger charge is 2.21. The van der Waals surface area contributed by atoms with Crippen LogP contribution in [0.15, 0.2) is 72.8 Å². The zero-order valence-corrected chi connectivity index (χ0v) is 16.5. The quantitative estimate of drug-likeness (QED) is 0.574. The Morgan fingerprint density at radius 1 is 0.964 bits per heavy atom. The molecular formula is C24H26N2O2. The van der Waals surface area contributed by atoms with E-state index in [0.29, 0.717) is 6.61 Å². The van der Waals surface area contributed by atoms with Crippen LogP contribution < -0.4 is 15.4 Å². The van der Waals surface area contributed by atoms with Gasteiger partial charge in [-0.3, -0.25) is 4.79 Å². The monoisotopic (exact) mass is 374 g/mol. The molecule has 0 saturated carbocycles. The molecule has 3 aromatic carbocycles. The zero-order chi connectivity index (χ0) is 19.9. The molecular weight excluding hydrogens is 348 g/mol. The second-order valence-electron chi connectivity index (χ2n) is 6.75. The Bertz CT molecular complexity index is 921. The summed E-state index contributed by atoms with van der Waals surface area (Å²) in [6, 6.07) is 22.9. The number of carbonyl (C=O) groups excluding carboxylic acids is 1. The van der Waals surface area contributed by atoms with Gasteiger partial charge in [0.25, 0.3) is 5.91 Å². The molecule has 144 valence electrons. The van der Waals surface area contributed by atoms with Crippen molar-refractivity contribution >= 4 is 17.3 Å². The van der Waals surface area contributed by atoms with Gasteiger partial charge in [0.05, 0.1) is 6.61 Å². The maximum atomic E-state index is 13.2. The van der Waals surface area contributed by atoms with Crippen LogP contribution in [0, 0.1) is 13.8 Å². The third kappa shape index (κ3) is 4.92. The molecule has 0 aliphatic carbocycles. The molecule has 1 atom stereocenters. The number of aryl methyl sites for hydroxylation is 2. The van der Waals surface area contributed by atoms with E-state index in [4.69, 9.17) is 4.74 Å². The van der Waals surface area contributed by atoms with Gasteiger partial charge in [0, 0.05) is 11.4 Å². The molecule has 1 amide bonds. The van der Waals surface area contributed by atoms with Gasteiger partial charge in [-0.1, -0.05) is 42.5 Å². The van der Waals surface area contributed by atoms with Gasteiger partial charge in [-0.2, -0.15) is 0 Å². The van der Waals surface area contributed by atoms with Gasteiger partial charge in [0.2, 0.25) is 0 Å². The van der Waals surface area contributed by atoms with Crippen molar-refractivity contribution in [3.63, 3.8) is 0 Å². The maximum absolute atomic E-state index is 13.2. The highest BCUT2D eigenvalue weighted by molar-refractivity contribution is 5.98. The molecule has 0 fully saturated rings. The molecule has 0 heterocycles. The first kappa shape index (κ1) is 19.5. The summed E-state index contributed by atoms with van der Waals surface area (Å²) >= 11 is 0. The minimum Gasteiger partial charge on any atom is -0.494 e. The molecule has 3 rings (SSSR count). The smallest absolute Gasteiger partial charge is 0.251 e. The van der Waals surface area contributed by atoms with Crippen LogP contribution >= 0.6 is 0 Å². The van der Waals surface area contributed by atoms with Gasteiger partial charge in [0.1, 0.15) is 11.8 Å². The summed E-state index contributed by atoms with van der Waals surface area (Å²) < 4.78 is 5.49. The lowest BCUT2D eigenvalue weighted by Crippen LogP contribution is -2.27. The van der Waals surface area contributed by atoms with Crippen LogP contribution in [-0.2, 0) is 4.79 Å².